The highest BCUT2D eigenvalue weighted by Crippen LogP contribution is 2.22. The molecule has 5 heteroatoms. The summed E-state index contributed by atoms with van der Waals surface area (Å²) < 4.78 is 5.36. The molecule has 1 rings (SSSR count). The molecule has 1 saturated heterocycles. The normalized spacial score (nSPS) is 17.9. The molecule has 1 aliphatic heterocycles. The van der Waals surface area contributed by atoms with Gasteiger partial charge in [0.05, 0.1) is 6.61 Å². The van der Waals surface area contributed by atoms with E-state index in [1.165, 1.54) is 0 Å². The third-order valence-corrected chi connectivity index (χ3v) is 4.03. The molecule has 1 N–H and O–H groups in total. The molecule has 0 radical (unpaired) electrons. The predicted octanol–water partition coefficient (Wildman–Crippen LogP) is 2.36. The number of rotatable bonds is 4. The van der Waals surface area contributed by atoms with Crippen molar-refractivity contribution < 1.29 is 14.6 Å². The second-order valence-corrected chi connectivity index (χ2v) is 6.86. The number of likely N-dealkylation sites (tertiary alicyclic amines) is 1. The maximum Gasteiger partial charge on any atom is 0.410 e. The van der Waals surface area contributed by atoms with E-state index in [0.29, 0.717) is 5.92 Å². The number of aliphatic hydroxyl groups excluding tert-OH is 1. The number of nitrogens with zero attached hydrogens (tertiary/aromatic N) is 1. The third kappa shape index (κ3) is 5.96. The van der Waals surface area contributed by atoms with Gasteiger partial charge in [-0.1, -0.05) is 0 Å². The Labute approximate surface area is 114 Å². The molecule has 0 aliphatic carbocycles. The summed E-state index contributed by atoms with van der Waals surface area (Å²) >= 11 is 1.79. The Morgan fingerprint density at radius 3 is 2.50 bits per heavy atom. The van der Waals surface area contributed by atoms with Crippen LogP contribution in [0.2, 0.25) is 0 Å². The van der Waals surface area contributed by atoms with Crippen LogP contribution in [0, 0.1) is 5.92 Å². The molecule has 1 fully saturated rings. The summed E-state index contributed by atoms with van der Waals surface area (Å²) in [5.74, 6) is 2.56. The Morgan fingerprint density at radius 1 is 1.39 bits per heavy atom. The molecule has 4 nitrogen and oxygen atoms in total. The fourth-order valence-electron chi connectivity index (χ4n) is 1.92. The van der Waals surface area contributed by atoms with Crippen LogP contribution in [0.15, 0.2) is 0 Å². The second kappa shape index (κ2) is 7.24. The van der Waals surface area contributed by atoms with Crippen molar-refractivity contribution in [1.82, 2.24) is 4.90 Å². The van der Waals surface area contributed by atoms with Crippen LogP contribution in [0.1, 0.15) is 33.6 Å². The summed E-state index contributed by atoms with van der Waals surface area (Å²) in [7, 11) is 0. The van der Waals surface area contributed by atoms with Crippen LogP contribution in [0.3, 0.4) is 0 Å². The van der Waals surface area contributed by atoms with E-state index in [1.54, 1.807) is 16.7 Å². The molecule has 1 amide bonds. The molecule has 0 atom stereocenters. The van der Waals surface area contributed by atoms with Crippen molar-refractivity contribution in [1.29, 1.82) is 0 Å². The number of amides is 1. The smallest absolute Gasteiger partial charge is 0.410 e. The van der Waals surface area contributed by atoms with Gasteiger partial charge in [0.15, 0.2) is 0 Å². The molecule has 1 heterocycles. The standard InChI is InChI=1S/C13H25NO3S/c1-13(2,3)17-12(16)14-6-4-11(5-7-14)10-18-9-8-15/h11,15H,4-10H2,1-3H3. The molecule has 0 unspecified atom stereocenters. The Bertz CT molecular complexity index is 257. The highest BCUT2D eigenvalue weighted by Gasteiger charge is 2.26. The van der Waals surface area contributed by atoms with Gasteiger partial charge in [-0.3, -0.25) is 0 Å². The Kier molecular flexibility index (Phi) is 6.29. The van der Waals surface area contributed by atoms with Crippen LogP contribution in [0.4, 0.5) is 4.79 Å². The number of piperidine rings is 1. The molecule has 0 aromatic heterocycles. The van der Waals surface area contributed by atoms with Gasteiger partial charge in [-0.15, -0.1) is 0 Å². The van der Waals surface area contributed by atoms with Crippen LogP contribution in [-0.4, -0.2) is 52.9 Å². The largest absolute Gasteiger partial charge is 0.444 e. The van der Waals surface area contributed by atoms with Crippen molar-refractivity contribution >= 4 is 17.9 Å². The second-order valence-electron chi connectivity index (χ2n) is 5.71. The van der Waals surface area contributed by atoms with Gasteiger partial charge in [0.2, 0.25) is 0 Å². The summed E-state index contributed by atoms with van der Waals surface area (Å²) in [5, 5.41) is 8.73. The number of carbonyl (C=O) groups is 1. The van der Waals surface area contributed by atoms with Gasteiger partial charge in [-0.25, -0.2) is 4.79 Å². The SMILES string of the molecule is CC(C)(C)OC(=O)N1CCC(CSCCO)CC1. The summed E-state index contributed by atoms with van der Waals surface area (Å²) in [6.45, 7) is 7.51. The molecule has 1 aliphatic rings. The summed E-state index contributed by atoms with van der Waals surface area (Å²) in [6.07, 6.45) is 1.89. The van der Waals surface area contributed by atoms with Gasteiger partial charge in [0.1, 0.15) is 5.60 Å². The summed E-state index contributed by atoms with van der Waals surface area (Å²) in [5.41, 5.74) is -0.412. The van der Waals surface area contributed by atoms with Crippen LogP contribution in [0.25, 0.3) is 0 Å². The number of hydrogen-bond acceptors (Lipinski definition) is 4. The minimum atomic E-state index is -0.412. The van der Waals surface area contributed by atoms with E-state index in [-0.39, 0.29) is 12.7 Å². The Morgan fingerprint density at radius 2 is 2.00 bits per heavy atom. The zero-order valence-corrected chi connectivity index (χ0v) is 12.5. The first-order valence-corrected chi connectivity index (χ1v) is 7.74. The first kappa shape index (κ1) is 15.6. The van der Waals surface area contributed by atoms with Crippen molar-refractivity contribution in [3.05, 3.63) is 0 Å². The number of aliphatic hydroxyl groups is 1. The molecular weight excluding hydrogens is 250 g/mol. The lowest BCUT2D eigenvalue weighted by molar-refractivity contribution is 0.0191. The zero-order valence-electron chi connectivity index (χ0n) is 11.6. The van der Waals surface area contributed by atoms with Crippen LogP contribution in [-0.2, 0) is 4.74 Å². The topological polar surface area (TPSA) is 49.8 Å². The van der Waals surface area contributed by atoms with Crippen molar-refractivity contribution in [3.63, 3.8) is 0 Å². The summed E-state index contributed by atoms with van der Waals surface area (Å²) in [6, 6.07) is 0. The van der Waals surface area contributed by atoms with Gasteiger partial charge < -0.3 is 14.7 Å². The molecular formula is C13H25NO3S. The van der Waals surface area contributed by atoms with Crippen molar-refractivity contribution in [2.24, 2.45) is 5.92 Å². The predicted molar refractivity (Wildman–Crippen MR) is 74.9 cm³/mol. The lowest BCUT2D eigenvalue weighted by Gasteiger charge is -2.33. The van der Waals surface area contributed by atoms with Crippen molar-refractivity contribution in [2.45, 2.75) is 39.2 Å². The lowest BCUT2D eigenvalue weighted by Crippen LogP contribution is -2.42. The average molecular weight is 275 g/mol. The fourth-order valence-corrected chi connectivity index (χ4v) is 2.89. The number of hydrogen-bond donors (Lipinski definition) is 1. The van der Waals surface area contributed by atoms with E-state index in [9.17, 15) is 4.79 Å². The van der Waals surface area contributed by atoms with E-state index >= 15 is 0 Å². The van der Waals surface area contributed by atoms with Crippen molar-refractivity contribution in [3.8, 4) is 0 Å². The first-order valence-electron chi connectivity index (χ1n) is 6.59. The Balaban J connectivity index is 2.24. The maximum atomic E-state index is 11.8. The molecule has 0 bridgehead atoms. The van der Waals surface area contributed by atoms with E-state index in [0.717, 1.165) is 37.4 Å². The minimum Gasteiger partial charge on any atom is -0.444 e. The van der Waals surface area contributed by atoms with E-state index in [4.69, 9.17) is 9.84 Å². The molecule has 0 aromatic rings. The zero-order chi connectivity index (χ0) is 13.6. The van der Waals surface area contributed by atoms with Crippen molar-refractivity contribution in [2.75, 3.05) is 31.2 Å². The Hall–Kier alpha value is -0.420. The molecule has 0 saturated carbocycles. The fraction of sp³-hybridized carbons (Fsp3) is 0.923. The molecule has 0 aromatic carbocycles. The molecule has 0 spiro atoms. The minimum absolute atomic E-state index is 0.191. The van der Waals surface area contributed by atoms with Crippen LogP contribution < -0.4 is 0 Å². The summed E-state index contributed by atoms with van der Waals surface area (Å²) in [4.78, 5) is 13.7. The van der Waals surface area contributed by atoms with E-state index < -0.39 is 5.60 Å². The average Bonchev–Trinajstić information content (AvgIpc) is 2.28. The number of thioether (sulfide) groups is 1. The van der Waals surface area contributed by atoms with Crippen LogP contribution in [0.5, 0.6) is 0 Å². The quantitative estimate of drug-likeness (QED) is 0.800. The number of ether oxygens (including phenoxy) is 1. The van der Waals surface area contributed by atoms with Gasteiger partial charge in [0, 0.05) is 18.8 Å². The number of carbonyl (C=O) groups excluding carboxylic acids is 1. The van der Waals surface area contributed by atoms with Crippen LogP contribution >= 0.6 is 11.8 Å². The van der Waals surface area contributed by atoms with E-state index in [1.807, 2.05) is 20.8 Å². The highest BCUT2D eigenvalue weighted by molar-refractivity contribution is 7.99. The third-order valence-electron chi connectivity index (χ3n) is 2.86. The van der Waals surface area contributed by atoms with Gasteiger partial charge in [-0.2, -0.15) is 11.8 Å². The molecule has 106 valence electrons. The monoisotopic (exact) mass is 275 g/mol. The first-order chi connectivity index (χ1) is 8.42. The molecule has 18 heavy (non-hydrogen) atoms. The van der Waals surface area contributed by atoms with Gasteiger partial charge in [-0.05, 0) is 45.3 Å². The maximum absolute atomic E-state index is 11.8. The van der Waals surface area contributed by atoms with E-state index in [2.05, 4.69) is 0 Å². The highest BCUT2D eigenvalue weighted by atomic mass is 32.2. The van der Waals surface area contributed by atoms with Gasteiger partial charge in [0.25, 0.3) is 0 Å². The van der Waals surface area contributed by atoms with Gasteiger partial charge >= 0.3 is 6.09 Å². The lowest BCUT2D eigenvalue weighted by atomic mass is 9.99.